The van der Waals surface area contributed by atoms with Crippen molar-refractivity contribution in [2.75, 3.05) is 7.05 Å². The van der Waals surface area contributed by atoms with Gasteiger partial charge in [0.1, 0.15) is 29.8 Å². The second kappa shape index (κ2) is 4.59. The minimum absolute atomic E-state index is 0.0664. The molecule has 0 radical (unpaired) electrons. The molecule has 88 valence electrons. The summed E-state index contributed by atoms with van der Waals surface area (Å²) in [4.78, 5) is 4.21. The SMILES string of the molecule is CNC1=N[C@@H]2[C@@H](O)[C@H](O)[C@@H](CC#N)O[C@@H]2S1. The third kappa shape index (κ3) is 1.89. The largest absolute Gasteiger partial charge is 0.388 e. The maximum Gasteiger partial charge on any atom is 0.159 e. The van der Waals surface area contributed by atoms with E-state index in [-0.39, 0.29) is 11.9 Å². The van der Waals surface area contributed by atoms with Crippen LogP contribution < -0.4 is 5.32 Å². The van der Waals surface area contributed by atoms with Crippen molar-refractivity contribution < 1.29 is 14.9 Å². The van der Waals surface area contributed by atoms with E-state index in [0.29, 0.717) is 5.17 Å². The molecule has 3 N–H and O–H groups in total. The first-order chi connectivity index (χ1) is 7.67. The molecule has 0 unspecified atom stereocenters. The lowest BCUT2D eigenvalue weighted by atomic mass is 9.97. The first-order valence-corrected chi connectivity index (χ1v) is 5.86. The zero-order valence-electron chi connectivity index (χ0n) is 8.70. The van der Waals surface area contributed by atoms with Gasteiger partial charge in [0.05, 0.1) is 12.5 Å². The number of hydrogen-bond donors (Lipinski definition) is 3. The van der Waals surface area contributed by atoms with Gasteiger partial charge in [-0.2, -0.15) is 5.26 Å². The number of aliphatic hydroxyl groups excluding tert-OH is 2. The van der Waals surface area contributed by atoms with Crippen LogP contribution in [0.3, 0.4) is 0 Å². The fourth-order valence-electron chi connectivity index (χ4n) is 1.81. The average Bonchev–Trinajstić information content (AvgIpc) is 2.69. The first kappa shape index (κ1) is 11.7. The summed E-state index contributed by atoms with van der Waals surface area (Å²) in [6.45, 7) is 0. The Hall–Kier alpha value is -0.810. The molecule has 1 fully saturated rings. The van der Waals surface area contributed by atoms with E-state index in [1.807, 2.05) is 6.07 Å². The van der Waals surface area contributed by atoms with Crippen LogP contribution in [0.5, 0.6) is 0 Å². The van der Waals surface area contributed by atoms with Crippen LogP contribution in [0.25, 0.3) is 0 Å². The van der Waals surface area contributed by atoms with Crippen LogP contribution in [0.1, 0.15) is 6.42 Å². The summed E-state index contributed by atoms with van der Waals surface area (Å²) in [6.07, 6.45) is -2.60. The van der Waals surface area contributed by atoms with Crippen molar-refractivity contribution in [1.29, 1.82) is 5.26 Å². The molecule has 0 bridgehead atoms. The van der Waals surface area contributed by atoms with Gasteiger partial charge in [-0.05, 0) is 0 Å². The smallest absolute Gasteiger partial charge is 0.159 e. The fourth-order valence-corrected chi connectivity index (χ4v) is 2.89. The van der Waals surface area contributed by atoms with E-state index in [1.165, 1.54) is 11.8 Å². The minimum Gasteiger partial charge on any atom is -0.388 e. The number of fused-ring (bicyclic) bond motifs is 1. The number of thioether (sulfide) groups is 1. The van der Waals surface area contributed by atoms with Crippen LogP contribution >= 0.6 is 11.8 Å². The van der Waals surface area contributed by atoms with Crippen molar-refractivity contribution in [3.8, 4) is 6.07 Å². The van der Waals surface area contributed by atoms with Crippen LogP contribution in [-0.2, 0) is 4.74 Å². The molecule has 16 heavy (non-hydrogen) atoms. The summed E-state index contributed by atoms with van der Waals surface area (Å²) in [6, 6.07) is 1.47. The molecule has 1 saturated heterocycles. The summed E-state index contributed by atoms with van der Waals surface area (Å²) in [5.41, 5.74) is -0.320. The maximum atomic E-state index is 9.87. The Bertz CT molecular complexity index is 343. The molecule has 0 saturated carbocycles. The second-order valence-electron chi connectivity index (χ2n) is 3.68. The van der Waals surface area contributed by atoms with Gasteiger partial charge in [-0.25, -0.2) is 0 Å². The van der Waals surface area contributed by atoms with Gasteiger partial charge >= 0.3 is 0 Å². The molecule has 6 nitrogen and oxygen atoms in total. The predicted octanol–water partition coefficient (Wildman–Crippen LogP) is -0.962. The highest BCUT2D eigenvalue weighted by Gasteiger charge is 2.47. The molecule has 0 aromatic rings. The third-order valence-corrected chi connectivity index (χ3v) is 3.82. The summed E-state index contributed by atoms with van der Waals surface area (Å²) in [5.74, 6) is 0. The number of aliphatic hydroxyl groups is 2. The number of nitrogens with one attached hydrogen (secondary N) is 1. The monoisotopic (exact) mass is 243 g/mol. The number of rotatable bonds is 1. The molecule has 2 aliphatic rings. The standard InChI is InChI=1S/C9H13N3O3S/c1-11-9-12-5-7(14)6(13)4(2-3-10)15-8(5)16-9/h4-8,13-14H,2H2,1H3,(H,11,12)/t4-,5-,6-,7-,8-/m1/s1. The zero-order chi connectivity index (χ0) is 11.7. The highest BCUT2D eigenvalue weighted by Crippen LogP contribution is 2.36. The van der Waals surface area contributed by atoms with E-state index in [2.05, 4.69) is 10.3 Å². The van der Waals surface area contributed by atoms with Gasteiger partial charge in [-0.3, -0.25) is 4.99 Å². The highest BCUT2D eigenvalue weighted by atomic mass is 32.2. The molecule has 2 aliphatic heterocycles. The van der Waals surface area contributed by atoms with Gasteiger partial charge in [0, 0.05) is 7.05 Å². The Morgan fingerprint density at radius 3 is 2.94 bits per heavy atom. The lowest BCUT2D eigenvalue weighted by molar-refractivity contribution is -0.150. The van der Waals surface area contributed by atoms with Gasteiger partial charge < -0.3 is 20.3 Å². The van der Waals surface area contributed by atoms with Crippen LogP contribution in [0, 0.1) is 11.3 Å². The van der Waals surface area contributed by atoms with E-state index < -0.39 is 24.4 Å². The number of ether oxygens (including phenoxy) is 1. The van der Waals surface area contributed by atoms with Crippen LogP contribution in [0.4, 0.5) is 0 Å². The van der Waals surface area contributed by atoms with E-state index in [0.717, 1.165) is 0 Å². The average molecular weight is 243 g/mol. The van der Waals surface area contributed by atoms with Gasteiger partial charge in [0.2, 0.25) is 0 Å². The summed E-state index contributed by atoms with van der Waals surface area (Å²) in [7, 11) is 1.73. The van der Waals surface area contributed by atoms with Gasteiger partial charge in [0.25, 0.3) is 0 Å². The number of nitrogens with zero attached hydrogens (tertiary/aromatic N) is 2. The molecule has 0 amide bonds. The molecule has 0 spiro atoms. The van der Waals surface area contributed by atoms with E-state index >= 15 is 0 Å². The van der Waals surface area contributed by atoms with Crippen molar-refractivity contribution in [1.82, 2.24) is 5.32 Å². The third-order valence-electron chi connectivity index (χ3n) is 2.67. The summed E-state index contributed by atoms with van der Waals surface area (Å²) in [5, 5.41) is 31.8. The molecule has 2 heterocycles. The normalized spacial score (nSPS) is 42.1. The van der Waals surface area contributed by atoms with Gasteiger partial charge in [-0.15, -0.1) is 0 Å². The van der Waals surface area contributed by atoms with E-state index in [9.17, 15) is 10.2 Å². The fraction of sp³-hybridized carbons (Fsp3) is 0.778. The second-order valence-corrected chi connectivity index (χ2v) is 4.77. The quantitative estimate of drug-likeness (QED) is 0.548. The van der Waals surface area contributed by atoms with E-state index in [1.54, 1.807) is 7.05 Å². The maximum absolute atomic E-state index is 9.87. The summed E-state index contributed by atoms with van der Waals surface area (Å²) < 4.78 is 5.54. The first-order valence-electron chi connectivity index (χ1n) is 4.98. The Morgan fingerprint density at radius 2 is 2.31 bits per heavy atom. The zero-order valence-corrected chi connectivity index (χ0v) is 9.52. The molecular weight excluding hydrogens is 230 g/mol. The van der Waals surface area contributed by atoms with Crippen molar-refractivity contribution in [3.05, 3.63) is 0 Å². The molecule has 5 atom stereocenters. The van der Waals surface area contributed by atoms with Crippen LogP contribution in [0.15, 0.2) is 4.99 Å². The van der Waals surface area contributed by atoms with Crippen molar-refractivity contribution in [3.63, 3.8) is 0 Å². The Labute approximate surface area is 97.3 Å². The Kier molecular flexibility index (Phi) is 3.35. The molecule has 7 heteroatoms. The molecule has 2 rings (SSSR count). The predicted molar refractivity (Wildman–Crippen MR) is 58.8 cm³/mol. The highest BCUT2D eigenvalue weighted by molar-refractivity contribution is 8.14. The molecule has 0 aliphatic carbocycles. The van der Waals surface area contributed by atoms with Gasteiger partial charge in [-0.1, -0.05) is 11.8 Å². The Balaban J connectivity index is 2.11. The number of hydrogen-bond acceptors (Lipinski definition) is 7. The van der Waals surface area contributed by atoms with E-state index in [4.69, 9.17) is 10.00 Å². The minimum atomic E-state index is -1.05. The lowest BCUT2D eigenvalue weighted by Crippen LogP contribution is -2.54. The molecule has 0 aromatic heterocycles. The number of amidine groups is 1. The lowest BCUT2D eigenvalue weighted by Gasteiger charge is -2.37. The number of nitriles is 1. The molecular formula is C9H13N3O3S. The topological polar surface area (TPSA) is 97.9 Å². The van der Waals surface area contributed by atoms with Crippen molar-refractivity contribution in [2.24, 2.45) is 4.99 Å². The van der Waals surface area contributed by atoms with Crippen molar-refractivity contribution >= 4 is 16.9 Å². The number of aliphatic imine (C=N–C) groups is 1. The Morgan fingerprint density at radius 1 is 1.56 bits per heavy atom. The summed E-state index contributed by atoms with van der Waals surface area (Å²) >= 11 is 1.37. The van der Waals surface area contributed by atoms with Crippen LogP contribution in [-0.4, -0.2) is 52.2 Å². The van der Waals surface area contributed by atoms with Crippen LogP contribution in [0.2, 0.25) is 0 Å². The molecule has 0 aromatic carbocycles. The van der Waals surface area contributed by atoms with Gasteiger partial charge in [0.15, 0.2) is 5.17 Å². The van der Waals surface area contributed by atoms with Crippen molar-refractivity contribution in [2.45, 2.75) is 36.2 Å².